The van der Waals surface area contributed by atoms with Crippen LogP contribution in [0.3, 0.4) is 0 Å². The predicted octanol–water partition coefficient (Wildman–Crippen LogP) is 2.37. The number of amides is 1. The highest BCUT2D eigenvalue weighted by Gasteiger charge is 2.27. The fourth-order valence-corrected chi connectivity index (χ4v) is 2.63. The fourth-order valence-electron chi connectivity index (χ4n) is 2.29. The van der Waals surface area contributed by atoms with Gasteiger partial charge in [0.25, 0.3) is 5.91 Å². The summed E-state index contributed by atoms with van der Waals surface area (Å²) in [7, 11) is 0. The summed E-state index contributed by atoms with van der Waals surface area (Å²) in [5.41, 5.74) is -0.178. The molecule has 1 saturated heterocycles. The lowest BCUT2D eigenvalue weighted by molar-refractivity contribution is 0.0438. The number of carbonyl (C=O) groups excluding carboxylic acids is 1. The number of hydrogen-bond acceptors (Lipinski definition) is 3. The minimum absolute atomic E-state index is 0.0793. The molecule has 0 aliphatic carbocycles. The van der Waals surface area contributed by atoms with Gasteiger partial charge < -0.3 is 15.1 Å². The number of rotatable bonds is 1. The number of phenols is 1. The Balaban J connectivity index is 2.13. The Bertz CT molecular complexity index is 488. The summed E-state index contributed by atoms with van der Waals surface area (Å²) in [6.07, 6.45) is 2.11. The van der Waals surface area contributed by atoms with Crippen molar-refractivity contribution >= 4 is 28.5 Å². The average Bonchev–Trinajstić information content (AvgIpc) is 2.53. The lowest BCUT2D eigenvalue weighted by Gasteiger charge is -2.22. The molecule has 1 fully saturated rings. The van der Waals surface area contributed by atoms with Crippen LogP contribution in [0.15, 0.2) is 18.2 Å². The Kier molecular flexibility index (Phi) is 4.35. The second-order valence-corrected chi connectivity index (χ2v) is 6.47. The molecule has 19 heavy (non-hydrogen) atoms. The summed E-state index contributed by atoms with van der Waals surface area (Å²) in [6.45, 7) is 3.03. The van der Waals surface area contributed by atoms with Gasteiger partial charge in [-0.25, -0.2) is 0 Å². The van der Waals surface area contributed by atoms with E-state index in [4.69, 9.17) is 0 Å². The minimum Gasteiger partial charge on any atom is -0.507 e. The molecule has 2 N–H and O–H groups in total. The smallest absolute Gasteiger partial charge is 0.253 e. The van der Waals surface area contributed by atoms with Gasteiger partial charge in [0.2, 0.25) is 0 Å². The first kappa shape index (κ1) is 14.6. The summed E-state index contributed by atoms with van der Waals surface area (Å²) < 4.78 is 0.730. The van der Waals surface area contributed by atoms with E-state index in [1.165, 1.54) is 6.07 Å². The SMILES string of the molecule is CC1(O)CCCN(C(=O)c2ccc(I)c(O)c2)CC1. The molecule has 1 unspecified atom stereocenters. The average molecular weight is 375 g/mol. The monoisotopic (exact) mass is 375 g/mol. The van der Waals surface area contributed by atoms with Crippen molar-refractivity contribution in [2.24, 2.45) is 0 Å². The largest absolute Gasteiger partial charge is 0.507 e. The van der Waals surface area contributed by atoms with Crippen LogP contribution in [0.2, 0.25) is 0 Å². The molecule has 0 spiro atoms. The minimum atomic E-state index is -0.677. The van der Waals surface area contributed by atoms with Crippen molar-refractivity contribution in [3.63, 3.8) is 0 Å². The predicted molar refractivity (Wildman–Crippen MR) is 81.2 cm³/mol. The van der Waals surface area contributed by atoms with Crippen LogP contribution in [0.25, 0.3) is 0 Å². The Morgan fingerprint density at radius 3 is 2.79 bits per heavy atom. The van der Waals surface area contributed by atoms with Crippen molar-refractivity contribution in [1.29, 1.82) is 0 Å². The molecule has 4 nitrogen and oxygen atoms in total. The first-order valence-electron chi connectivity index (χ1n) is 6.39. The number of aromatic hydroxyl groups is 1. The van der Waals surface area contributed by atoms with E-state index in [1.807, 2.05) is 29.5 Å². The highest BCUT2D eigenvalue weighted by molar-refractivity contribution is 14.1. The van der Waals surface area contributed by atoms with Crippen LogP contribution >= 0.6 is 22.6 Å². The van der Waals surface area contributed by atoms with E-state index in [9.17, 15) is 15.0 Å². The zero-order chi connectivity index (χ0) is 14.0. The molecule has 0 radical (unpaired) electrons. The van der Waals surface area contributed by atoms with Crippen molar-refractivity contribution in [3.05, 3.63) is 27.3 Å². The lowest BCUT2D eigenvalue weighted by Crippen LogP contribution is -2.33. The van der Waals surface area contributed by atoms with Crippen molar-refractivity contribution in [1.82, 2.24) is 4.90 Å². The molecule has 1 aliphatic heterocycles. The first-order chi connectivity index (χ1) is 8.89. The van der Waals surface area contributed by atoms with Crippen LogP contribution in [0.5, 0.6) is 5.75 Å². The highest BCUT2D eigenvalue weighted by atomic mass is 127. The van der Waals surface area contributed by atoms with Crippen LogP contribution in [0.4, 0.5) is 0 Å². The van der Waals surface area contributed by atoms with Gasteiger partial charge in [0.05, 0.1) is 9.17 Å². The Morgan fingerprint density at radius 1 is 1.37 bits per heavy atom. The van der Waals surface area contributed by atoms with Gasteiger partial charge in [-0.05, 0) is 67.0 Å². The number of carbonyl (C=O) groups is 1. The van der Waals surface area contributed by atoms with Gasteiger partial charge in [-0.2, -0.15) is 0 Å². The van der Waals surface area contributed by atoms with Gasteiger partial charge in [-0.3, -0.25) is 4.79 Å². The van der Waals surface area contributed by atoms with Gasteiger partial charge in [0, 0.05) is 18.7 Å². The number of benzene rings is 1. The molecule has 104 valence electrons. The van der Waals surface area contributed by atoms with E-state index >= 15 is 0 Å². The number of likely N-dealkylation sites (tertiary alicyclic amines) is 1. The summed E-state index contributed by atoms with van der Waals surface area (Å²) in [4.78, 5) is 14.1. The van der Waals surface area contributed by atoms with Gasteiger partial charge in [0.15, 0.2) is 0 Å². The molecule has 1 amide bonds. The fraction of sp³-hybridized carbons (Fsp3) is 0.500. The van der Waals surface area contributed by atoms with Crippen LogP contribution in [-0.4, -0.2) is 39.7 Å². The molecule has 0 bridgehead atoms. The topological polar surface area (TPSA) is 60.8 Å². The van der Waals surface area contributed by atoms with Crippen LogP contribution in [0, 0.1) is 3.57 Å². The maximum absolute atomic E-state index is 12.4. The van der Waals surface area contributed by atoms with E-state index in [-0.39, 0.29) is 11.7 Å². The second kappa shape index (κ2) is 5.66. The van der Waals surface area contributed by atoms with Gasteiger partial charge in [0.1, 0.15) is 5.75 Å². The molecule has 0 aromatic heterocycles. The van der Waals surface area contributed by atoms with Crippen molar-refractivity contribution in [3.8, 4) is 5.75 Å². The third kappa shape index (κ3) is 3.60. The molecule has 1 aromatic rings. The molecular weight excluding hydrogens is 357 g/mol. The quantitative estimate of drug-likeness (QED) is 0.741. The maximum Gasteiger partial charge on any atom is 0.253 e. The third-order valence-corrected chi connectivity index (χ3v) is 4.46. The molecule has 2 rings (SSSR count). The van der Waals surface area contributed by atoms with Crippen molar-refractivity contribution in [2.75, 3.05) is 13.1 Å². The van der Waals surface area contributed by atoms with Gasteiger partial charge >= 0.3 is 0 Å². The summed E-state index contributed by atoms with van der Waals surface area (Å²) in [6, 6.07) is 4.97. The summed E-state index contributed by atoms with van der Waals surface area (Å²) >= 11 is 2.02. The van der Waals surface area contributed by atoms with E-state index < -0.39 is 5.60 Å². The molecule has 1 aliphatic rings. The van der Waals surface area contributed by atoms with Crippen LogP contribution < -0.4 is 0 Å². The van der Waals surface area contributed by atoms with Gasteiger partial charge in [-0.15, -0.1) is 0 Å². The lowest BCUT2D eigenvalue weighted by atomic mass is 9.98. The Hall–Kier alpha value is -0.820. The van der Waals surface area contributed by atoms with E-state index in [1.54, 1.807) is 17.0 Å². The molecule has 0 saturated carbocycles. The number of halogens is 1. The van der Waals surface area contributed by atoms with Gasteiger partial charge in [-0.1, -0.05) is 0 Å². The van der Waals surface area contributed by atoms with Crippen molar-refractivity contribution in [2.45, 2.75) is 31.8 Å². The molecule has 1 heterocycles. The van der Waals surface area contributed by atoms with Crippen LogP contribution in [-0.2, 0) is 0 Å². The standard InChI is InChI=1S/C14H18INO3/c1-14(19)5-2-7-16(8-6-14)13(18)10-3-4-11(15)12(17)9-10/h3-4,9,17,19H,2,5-8H2,1H3. The zero-order valence-electron chi connectivity index (χ0n) is 10.9. The molecular formula is C14H18INO3. The van der Waals surface area contributed by atoms with E-state index in [0.717, 1.165) is 9.99 Å². The Morgan fingerprint density at radius 2 is 2.11 bits per heavy atom. The van der Waals surface area contributed by atoms with E-state index in [0.29, 0.717) is 31.5 Å². The number of aliphatic hydroxyl groups is 1. The molecule has 1 atom stereocenters. The Labute approximate surface area is 126 Å². The first-order valence-corrected chi connectivity index (χ1v) is 7.47. The summed E-state index contributed by atoms with van der Waals surface area (Å²) in [5.74, 6) is 0.0534. The number of nitrogens with zero attached hydrogens (tertiary/aromatic N) is 1. The molecule has 1 aromatic carbocycles. The third-order valence-electron chi connectivity index (χ3n) is 3.54. The summed E-state index contributed by atoms with van der Waals surface area (Å²) in [5, 5.41) is 19.7. The zero-order valence-corrected chi connectivity index (χ0v) is 13.1. The number of phenolic OH excluding ortho intramolecular Hbond substituents is 1. The second-order valence-electron chi connectivity index (χ2n) is 5.31. The molecule has 5 heteroatoms. The van der Waals surface area contributed by atoms with Crippen LogP contribution in [0.1, 0.15) is 36.5 Å². The number of hydrogen-bond donors (Lipinski definition) is 2. The van der Waals surface area contributed by atoms with E-state index in [2.05, 4.69) is 0 Å². The normalized spacial score (nSPS) is 24.1. The highest BCUT2D eigenvalue weighted by Crippen LogP contribution is 2.24. The maximum atomic E-state index is 12.4. The van der Waals surface area contributed by atoms with Crippen molar-refractivity contribution < 1.29 is 15.0 Å².